The molecule has 2 aromatic rings. The van der Waals surface area contributed by atoms with Crippen molar-refractivity contribution in [2.45, 2.75) is 51.0 Å². The molecule has 2 fully saturated rings. The molecule has 2 saturated heterocycles. The summed E-state index contributed by atoms with van der Waals surface area (Å²) >= 11 is 1.63. The van der Waals surface area contributed by atoms with Gasteiger partial charge in [-0.05, 0) is 38.8 Å². The van der Waals surface area contributed by atoms with E-state index < -0.39 is 0 Å². The number of likely N-dealkylation sites (tertiary alicyclic amines) is 2. The minimum Gasteiger partial charge on any atom is -0.342 e. The quantitative estimate of drug-likeness (QED) is 0.791. The van der Waals surface area contributed by atoms with Gasteiger partial charge < -0.3 is 9.47 Å². The summed E-state index contributed by atoms with van der Waals surface area (Å²) in [6, 6.07) is 0. The van der Waals surface area contributed by atoms with Gasteiger partial charge in [0.2, 0.25) is 5.91 Å². The number of carbonyl (C=O) groups excluding carboxylic acids is 1. The average molecular weight is 388 g/mol. The standard InChI is InChI=1S/C20H29N5OS/c26-19(14-23-8-3-1-2-4-9-23)24-10-5-17(6-11-24)20-21-7-12-25(20)13-18-15-27-16-22-18/h7,12,15-17H,1-6,8-11,13-14H2. The highest BCUT2D eigenvalue weighted by molar-refractivity contribution is 7.07. The summed E-state index contributed by atoms with van der Waals surface area (Å²) in [5.74, 6) is 1.88. The number of hydrogen-bond acceptors (Lipinski definition) is 5. The largest absolute Gasteiger partial charge is 0.342 e. The highest BCUT2D eigenvalue weighted by Gasteiger charge is 2.27. The number of carbonyl (C=O) groups is 1. The predicted octanol–water partition coefficient (Wildman–Crippen LogP) is 2.97. The molecule has 0 N–H and O–H groups in total. The van der Waals surface area contributed by atoms with E-state index in [4.69, 9.17) is 0 Å². The summed E-state index contributed by atoms with van der Waals surface area (Å²) in [7, 11) is 0. The zero-order valence-electron chi connectivity index (χ0n) is 15.9. The molecule has 7 heteroatoms. The first-order valence-electron chi connectivity index (χ1n) is 10.2. The average Bonchev–Trinajstić information content (AvgIpc) is 3.30. The molecule has 4 heterocycles. The number of aromatic nitrogens is 3. The maximum atomic E-state index is 12.7. The molecule has 0 bridgehead atoms. The third-order valence-corrected chi connectivity index (χ3v) is 6.47. The van der Waals surface area contributed by atoms with Crippen LogP contribution in [-0.2, 0) is 11.3 Å². The first-order chi connectivity index (χ1) is 13.3. The molecular weight excluding hydrogens is 358 g/mol. The van der Waals surface area contributed by atoms with Crippen LogP contribution in [0.5, 0.6) is 0 Å². The SMILES string of the molecule is O=C(CN1CCCCCC1)N1CCC(c2nccn2Cc2cscn2)CC1. The molecule has 146 valence electrons. The Kier molecular flexibility index (Phi) is 6.19. The maximum absolute atomic E-state index is 12.7. The van der Waals surface area contributed by atoms with Crippen LogP contribution in [0, 0.1) is 0 Å². The third kappa shape index (κ3) is 4.76. The highest BCUT2D eigenvalue weighted by Crippen LogP contribution is 2.27. The molecule has 2 aromatic heterocycles. The van der Waals surface area contributed by atoms with Crippen molar-refractivity contribution in [2.75, 3.05) is 32.7 Å². The number of hydrogen-bond donors (Lipinski definition) is 0. The van der Waals surface area contributed by atoms with Crippen LogP contribution < -0.4 is 0 Å². The first kappa shape index (κ1) is 18.6. The molecule has 4 rings (SSSR count). The minimum absolute atomic E-state index is 0.307. The zero-order chi connectivity index (χ0) is 18.5. The van der Waals surface area contributed by atoms with Gasteiger partial charge in [0.25, 0.3) is 0 Å². The Morgan fingerprint density at radius 1 is 1.07 bits per heavy atom. The van der Waals surface area contributed by atoms with Gasteiger partial charge in [0, 0.05) is 36.8 Å². The summed E-state index contributed by atoms with van der Waals surface area (Å²) in [5, 5.41) is 2.09. The van der Waals surface area contributed by atoms with Gasteiger partial charge in [-0.2, -0.15) is 0 Å². The molecule has 0 aliphatic carbocycles. The van der Waals surface area contributed by atoms with Crippen LogP contribution in [0.3, 0.4) is 0 Å². The minimum atomic E-state index is 0.307. The van der Waals surface area contributed by atoms with Crippen molar-refractivity contribution in [2.24, 2.45) is 0 Å². The highest BCUT2D eigenvalue weighted by atomic mass is 32.1. The molecule has 2 aliphatic rings. The van der Waals surface area contributed by atoms with Crippen LogP contribution in [0.2, 0.25) is 0 Å². The van der Waals surface area contributed by atoms with Crippen LogP contribution in [0.25, 0.3) is 0 Å². The van der Waals surface area contributed by atoms with E-state index in [2.05, 4.69) is 29.7 Å². The molecule has 2 aliphatic heterocycles. The van der Waals surface area contributed by atoms with Crippen LogP contribution in [-0.4, -0.2) is 63.0 Å². The normalized spacial score (nSPS) is 19.9. The Balaban J connectivity index is 1.30. The van der Waals surface area contributed by atoms with Crippen LogP contribution in [0.1, 0.15) is 56.0 Å². The van der Waals surface area contributed by atoms with Gasteiger partial charge in [0.15, 0.2) is 0 Å². The fraction of sp³-hybridized carbons (Fsp3) is 0.650. The topological polar surface area (TPSA) is 54.3 Å². The van der Waals surface area contributed by atoms with Crippen molar-refractivity contribution in [1.29, 1.82) is 0 Å². The van der Waals surface area contributed by atoms with Crippen LogP contribution >= 0.6 is 11.3 Å². The van der Waals surface area contributed by atoms with Gasteiger partial charge in [0.1, 0.15) is 5.82 Å². The zero-order valence-corrected chi connectivity index (χ0v) is 16.7. The van der Waals surface area contributed by atoms with E-state index in [1.165, 1.54) is 25.7 Å². The lowest BCUT2D eigenvalue weighted by atomic mass is 9.95. The van der Waals surface area contributed by atoms with E-state index in [0.717, 1.165) is 57.1 Å². The fourth-order valence-electron chi connectivity index (χ4n) is 4.28. The fourth-order valence-corrected chi connectivity index (χ4v) is 4.83. The van der Waals surface area contributed by atoms with E-state index >= 15 is 0 Å². The van der Waals surface area contributed by atoms with Crippen molar-refractivity contribution in [3.05, 3.63) is 34.8 Å². The molecule has 0 radical (unpaired) electrons. The number of amides is 1. The van der Waals surface area contributed by atoms with E-state index in [9.17, 15) is 4.79 Å². The first-order valence-corrected chi connectivity index (χ1v) is 11.1. The Labute approximate surface area is 165 Å². The van der Waals surface area contributed by atoms with Gasteiger partial charge in [-0.1, -0.05) is 12.8 Å². The lowest BCUT2D eigenvalue weighted by Crippen LogP contribution is -2.44. The van der Waals surface area contributed by atoms with Crippen LogP contribution in [0.15, 0.2) is 23.3 Å². The summed E-state index contributed by atoms with van der Waals surface area (Å²) in [6.07, 6.45) is 11.0. The van der Waals surface area contributed by atoms with E-state index in [0.29, 0.717) is 18.4 Å². The van der Waals surface area contributed by atoms with Gasteiger partial charge in [0.05, 0.1) is 24.3 Å². The van der Waals surface area contributed by atoms with Crippen molar-refractivity contribution in [3.63, 3.8) is 0 Å². The number of nitrogens with zero attached hydrogens (tertiary/aromatic N) is 5. The van der Waals surface area contributed by atoms with Gasteiger partial charge in [-0.15, -0.1) is 11.3 Å². The number of imidazole rings is 1. The number of piperidine rings is 1. The van der Waals surface area contributed by atoms with E-state index in [1.54, 1.807) is 11.3 Å². The smallest absolute Gasteiger partial charge is 0.236 e. The van der Waals surface area contributed by atoms with Gasteiger partial charge >= 0.3 is 0 Å². The third-order valence-electron chi connectivity index (χ3n) is 5.83. The van der Waals surface area contributed by atoms with Crippen molar-refractivity contribution >= 4 is 17.2 Å². The lowest BCUT2D eigenvalue weighted by molar-refractivity contribution is -0.133. The lowest BCUT2D eigenvalue weighted by Gasteiger charge is -2.33. The predicted molar refractivity (Wildman–Crippen MR) is 107 cm³/mol. The van der Waals surface area contributed by atoms with Crippen LogP contribution in [0.4, 0.5) is 0 Å². The Morgan fingerprint density at radius 3 is 2.56 bits per heavy atom. The molecule has 1 amide bonds. The second kappa shape index (κ2) is 8.97. The van der Waals surface area contributed by atoms with E-state index in [-0.39, 0.29) is 0 Å². The summed E-state index contributed by atoms with van der Waals surface area (Å²) < 4.78 is 2.22. The molecule has 0 spiro atoms. The van der Waals surface area contributed by atoms with Crippen molar-refractivity contribution in [3.8, 4) is 0 Å². The molecule has 0 unspecified atom stereocenters. The number of rotatable bonds is 5. The van der Waals surface area contributed by atoms with Gasteiger partial charge in [-0.3, -0.25) is 9.69 Å². The Morgan fingerprint density at radius 2 is 1.85 bits per heavy atom. The summed E-state index contributed by atoms with van der Waals surface area (Å²) in [6.45, 7) is 5.24. The Hall–Kier alpha value is -1.73. The van der Waals surface area contributed by atoms with Crippen molar-refractivity contribution in [1.82, 2.24) is 24.3 Å². The maximum Gasteiger partial charge on any atom is 0.236 e. The molecule has 0 saturated carbocycles. The summed E-state index contributed by atoms with van der Waals surface area (Å²) in [4.78, 5) is 26.1. The molecular formula is C20H29N5OS. The molecule has 27 heavy (non-hydrogen) atoms. The molecule has 6 nitrogen and oxygen atoms in total. The summed E-state index contributed by atoms with van der Waals surface area (Å²) in [5.41, 5.74) is 2.96. The molecule has 0 atom stereocenters. The van der Waals surface area contributed by atoms with Crippen molar-refractivity contribution < 1.29 is 4.79 Å². The second-order valence-electron chi connectivity index (χ2n) is 7.74. The number of thiazole rings is 1. The van der Waals surface area contributed by atoms with Gasteiger partial charge in [-0.25, -0.2) is 9.97 Å². The molecule has 0 aromatic carbocycles. The second-order valence-corrected chi connectivity index (χ2v) is 8.46. The Bertz CT molecular complexity index is 713. The van der Waals surface area contributed by atoms with E-state index in [1.807, 2.05) is 17.9 Å². The monoisotopic (exact) mass is 387 g/mol.